The Morgan fingerprint density at radius 1 is 1.24 bits per heavy atom. The quantitative estimate of drug-likeness (QED) is 0.858. The Bertz CT molecular complexity index is 463. The van der Waals surface area contributed by atoms with Gasteiger partial charge in [0, 0.05) is 11.6 Å². The first-order valence-corrected chi connectivity index (χ1v) is 8.49. The van der Waals surface area contributed by atoms with Crippen molar-refractivity contribution in [2.24, 2.45) is 0 Å². The van der Waals surface area contributed by atoms with Crippen molar-refractivity contribution in [3.63, 3.8) is 0 Å². The highest BCUT2D eigenvalue weighted by Gasteiger charge is 2.38. The topological polar surface area (TPSA) is 15.3 Å². The molecule has 0 amide bonds. The van der Waals surface area contributed by atoms with Gasteiger partial charge < -0.3 is 5.32 Å². The van der Waals surface area contributed by atoms with E-state index in [0.717, 1.165) is 6.42 Å². The van der Waals surface area contributed by atoms with Crippen LogP contribution in [0.15, 0.2) is 18.2 Å². The monoisotopic (exact) mass is 288 g/mol. The Hall–Kier alpha value is -0.860. The molecule has 118 valence electrons. The van der Waals surface area contributed by atoms with Gasteiger partial charge in [0.25, 0.3) is 0 Å². The van der Waals surface area contributed by atoms with Crippen molar-refractivity contribution in [1.82, 2.24) is 10.2 Å². The van der Waals surface area contributed by atoms with Gasteiger partial charge in [0.1, 0.15) is 0 Å². The van der Waals surface area contributed by atoms with Crippen LogP contribution < -0.4 is 5.32 Å². The zero-order valence-electron chi connectivity index (χ0n) is 14.5. The van der Waals surface area contributed by atoms with E-state index in [2.05, 4.69) is 63.2 Å². The molecule has 0 bridgehead atoms. The molecule has 0 aliphatic carbocycles. The molecule has 1 saturated heterocycles. The molecule has 2 nitrogen and oxygen atoms in total. The lowest BCUT2D eigenvalue weighted by molar-refractivity contribution is 0.0872. The molecular formula is C19H32N2. The lowest BCUT2D eigenvalue weighted by Crippen LogP contribution is -2.58. The van der Waals surface area contributed by atoms with Crippen LogP contribution in [-0.2, 0) is 6.42 Å². The average Bonchev–Trinajstić information content (AvgIpc) is 3.02. The van der Waals surface area contributed by atoms with Crippen molar-refractivity contribution in [3.05, 3.63) is 34.9 Å². The minimum Gasteiger partial charge on any atom is -0.315 e. The van der Waals surface area contributed by atoms with Crippen molar-refractivity contribution >= 4 is 0 Å². The molecule has 0 radical (unpaired) electrons. The third-order valence-electron chi connectivity index (χ3n) is 5.57. The number of benzene rings is 1. The van der Waals surface area contributed by atoms with Crippen LogP contribution in [0.2, 0.25) is 0 Å². The van der Waals surface area contributed by atoms with Crippen LogP contribution >= 0.6 is 0 Å². The van der Waals surface area contributed by atoms with Gasteiger partial charge in [-0.3, -0.25) is 4.90 Å². The van der Waals surface area contributed by atoms with Crippen LogP contribution in [-0.4, -0.2) is 36.6 Å². The van der Waals surface area contributed by atoms with E-state index in [1.165, 1.54) is 49.0 Å². The normalized spacial score (nSPS) is 20.4. The fourth-order valence-electron chi connectivity index (χ4n) is 3.79. The molecule has 1 aromatic rings. The number of hydrogen-bond donors (Lipinski definition) is 1. The fraction of sp³-hybridized carbons (Fsp3) is 0.684. The summed E-state index contributed by atoms with van der Waals surface area (Å²) in [4.78, 5) is 2.71. The van der Waals surface area contributed by atoms with Gasteiger partial charge in [0.05, 0.1) is 0 Å². The summed E-state index contributed by atoms with van der Waals surface area (Å²) in [5.74, 6) is 0. The lowest BCUT2D eigenvalue weighted by atomic mass is 9.82. The number of likely N-dealkylation sites (tertiary alicyclic amines) is 1. The zero-order valence-corrected chi connectivity index (χ0v) is 14.5. The number of hydrogen-bond acceptors (Lipinski definition) is 2. The molecule has 1 heterocycles. The Kier molecular flexibility index (Phi) is 5.45. The van der Waals surface area contributed by atoms with Gasteiger partial charge in [-0.25, -0.2) is 0 Å². The third kappa shape index (κ3) is 3.49. The zero-order chi connectivity index (χ0) is 15.5. The van der Waals surface area contributed by atoms with E-state index < -0.39 is 0 Å². The van der Waals surface area contributed by atoms with Crippen molar-refractivity contribution in [3.8, 4) is 0 Å². The Balaban J connectivity index is 2.22. The summed E-state index contributed by atoms with van der Waals surface area (Å²) in [6.45, 7) is 11.7. The number of nitrogens with zero attached hydrogens (tertiary/aromatic N) is 1. The van der Waals surface area contributed by atoms with Gasteiger partial charge in [-0.05, 0) is 77.7 Å². The summed E-state index contributed by atoms with van der Waals surface area (Å²) < 4.78 is 0. The van der Waals surface area contributed by atoms with Crippen molar-refractivity contribution in [1.29, 1.82) is 0 Å². The van der Waals surface area contributed by atoms with E-state index in [9.17, 15) is 0 Å². The Morgan fingerprint density at radius 3 is 2.48 bits per heavy atom. The molecule has 0 aromatic heterocycles. The summed E-state index contributed by atoms with van der Waals surface area (Å²) in [7, 11) is 2.12. The fourth-order valence-corrected chi connectivity index (χ4v) is 3.79. The van der Waals surface area contributed by atoms with Gasteiger partial charge in [-0.15, -0.1) is 0 Å². The van der Waals surface area contributed by atoms with Crippen LogP contribution in [0.1, 0.15) is 49.8 Å². The molecule has 1 aliphatic heterocycles. The molecule has 1 N–H and O–H groups in total. The molecular weight excluding hydrogens is 256 g/mol. The second kappa shape index (κ2) is 6.93. The molecule has 2 heteroatoms. The predicted octanol–water partition coefficient (Wildman–Crippen LogP) is 3.70. The van der Waals surface area contributed by atoms with Gasteiger partial charge in [-0.2, -0.15) is 0 Å². The summed E-state index contributed by atoms with van der Waals surface area (Å²) in [6.07, 6.45) is 5.03. The van der Waals surface area contributed by atoms with E-state index in [0.29, 0.717) is 6.04 Å². The van der Waals surface area contributed by atoms with Crippen LogP contribution in [0.4, 0.5) is 0 Å². The highest BCUT2D eigenvalue weighted by Crippen LogP contribution is 2.30. The molecule has 0 spiro atoms. The maximum atomic E-state index is 3.62. The van der Waals surface area contributed by atoms with Gasteiger partial charge in [-0.1, -0.05) is 30.7 Å². The smallest absolute Gasteiger partial charge is 0.0334 e. The summed E-state index contributed by atoms with van der Waals surface area (Å²) >= 11 is 0. The van der Waals surface area contributed by atoms with E-state index in [1.54, 1.807) is 0 Å². The molecule has 0 saturated carbocycles. The number of likely N-dealkylation sites (N-methyl/N-ethyl adjacent to an activating group) is 1. The second-order valence-corrected chi connectivity index (χ2v) is 6.88. The van der Waals surface area contributed by atoms with Crippen LogP contribution in [0, 0.1) is 13.8 Å². The summed E-state index contributed by atoms with van der Waals surface area (Å²) in [5.41, 5.74) is 4.53. The molecule has 2 rings (SSSR count). The standard InChI is InChI=1S/C19H32N2/c1-6-19(4,21-11-7-8-12-21)18(20-5)14-17-13-15(2)9-10-16(17)3/h9-10,13,18,20H,6-8,11-12,14H2,1-5H3. The second-order valence-electron chi connectivity index (χ2n) is 6.88. The van der Waals surface area contributed by atoms with E-state index in [-0.39, 0.29) is 5.54 Å². The van der Waals surface area contributed by atoms with E-state index >= 15 is 0 Å². The average molecular weight is 288 g/mol. The molecule has 1 aromatic carbocycles. The Morgan fingerprint density at radius 2 is 1.90 bits per heavy atom. The van der Waals surface area contributed by atoms with Gasteiger partial charge in [0.2, 0.25) is 0 Å². The van der Waals surface area contributed by atoms with Gasteiger partial charge in [0.15, 0.2) is 0 Å². The van der Waals surface area contributed by atoms with Crippen LogP contribution in [0.3, 0.4) is 0 Å². The molecule has 1 aliphatic rings. The summed E-state index contributed by atoms with van der Waals surface area (Å²) in [5, 5.41) is 3.62. The minimum absolute atomic E-state index is 0.251. The van der Waals surface area contributed by atoms with Gasteiger partial charge >= 0.3 is 0 Å². The number of aryl methyl sites for hydroxylation is 2. The van der Waals surface area contributed by atoms with Crippen molar-refractivity contribution < 1.29 is 0 Å². The van der Waals surface area contributed by atoms with Crippen LogP contribution in [0.25, 0.3) is 0 Å². The molecule has 21 heavy (non-hydrogen) atoms. The van der Waals surface area contributed by atoms with Crippen molar-refractivity contribution in [2.45, 2.75) is 65.0 Å². The highest BCUT2D eigenvalue weighted by molar-refractivity contribution is 5.31. The predicted molar refractivity (Wildman–Crippen MR) is 92.0 cm³/mol. The minimum atomic E-state index is 0.251. The maximum absolute atomic E-state index is 3.62. The van der Waals surface area contributed by atoms with Crippen molar-refractivity contribution in [2.75, 3.05) is 20.1 Å². The Labute approximate surface area is 130 Å². The SMILES string of the molecule is CCC(C)(C(Cc1cc(C)ccc1C)NC)N1CCCC1. The maximum Gasteiger partial charge on any atom is 0.0334 e. The third-order valence-corrected chi connectivity index (χ3v) is 5.57. The summed E-state index contributed by atoms with van der Waals surface area (Å²) in [6, 6.07) is 7.34. The van der Waals surface area contributed by atoms with E-state index in [4.69, 9.17) is 0 Å². The first-order valence-electron chi connectivity index (χ1n) is 8.49. The molecule has 1 fully saturated rings. The number of rotatable bonds is 6. The molecule has 2 unspecified atom stereocenters. The van der Waals surface area contributed by atoms with E-state index in [1.807, 2.05) is 0 Å². The lowest BCUT2D eigenvalue weighted by Gasteiger charge is -2.45. The largest absolute Gasteiger partial charge is 0.315 e. The number of nitrogens with one attached hydrogen (secondary N) is 1. The van der Waals surface area contributed by atoms with Crippen LogP contribution in [0.5, 0.6) is 0 Å². The first-order chi connectivity index (χ1) is 10.0. The highest BCUT2D eigenvalue weighted by atomic mass is 15.2. The first kappa shape index (κ1) is 16.5. The molecule has 2 atom stereocenters.